The Labute approximate surface area is 155 Å². The van der Waals surface area contributed by atoms with Crippen LogP contribution in [0.1, 0.15) is 5.56 Å². The molecule has 1 amide bonds. The number of hydrogen-bond donors (Lipinski definition) is 1. The maximum absolute atomic E-state index is 13.4. The number of hydrogen-bond acceptors (Lipinski definition) is 5. The molecule has 0 saturated carbocycles. The summed E-state index contributed by atoms with van der Waals surface area (Å²) in [6.07, 6.45) is 2.74. The van der Waals surface area contributed by atoms with Crippen LogP contribution in [0.3, 0.4) is 0 Å². The Morgan fingerprint density at radius 1 is 1.33 bits per heavy atom. The minimum Gasteiger partial charge on any atom is -0.489 e. The third kappa shape index (κ3) is 3.19. The van der Waals surface area contributed by atoms with E-state index in [4.69, 9.17) is 4.74 Å². The monoisotopic (exact) mass is 364 g/mol. The number of rotatable bonds is 4. The number of carbonyl (C=O) groups is 1. The first-order valence-corrected chi connectivity index (χ1v) is 8.50. The Balaban J connectivity index is 1.75. The zero-order valence-corrected chi connectivity index (χ0v) is 14.5. The maximum atomic E-state index is 13.4. The number of ether oxygens (including phenoxy) is 1. The molecule has 3 aromatic rings. The number of amides is 1. The number of nitrogens with one attached hydrogen (secondary N) is 1. The summed E-state index contributed by atoms with van der Waals surface area (Å²) in [5.74, 6) is 0.636. The van der Waals surface area contributed by atoms with Gasteiger partial charge in [0.1, 0.15) is 24.6 Å². The van der Waals surface area contributed by atoms with Gasteiger partial charge < -0.3 is 15.0 Å². The molecular formula is C20H17FN4O2. The van der Waals surface area contributed by atoms with Crippen LogP contribution in [0.2, 0.25) is 0 Å². The molecule has 7 heteroatoms. The highest BCUT2D eigenvalue weighted by Crippen LogP contribution is 2.40. The summed E-state index contributed by atoms with van der Waals surface area (Å²) < 4.78 is 19.3. The van der Waals surface area contributed by atoms with Crippen LogP contribution < -0.4 is 15.0 Å². The van der Waals surface area contributed by atoms with Crippen molar-refractivity contribution in [1.82, 2.24) is 9.97 Å². The lowest BCUT2D eigenvalue weighted by atomic mass is 10.1. The van der Waals surface area contributed by atoms with Crippen LogP contribution in [0, 0.1) is 5.82 Å². The van der Waals surface area contributed by atoms with Gasteiger partial charge in [-0.05, 0) is 35.9 Å². The SMILES string of the molecule is C=CC(=O)N1CCOc2c1ccc1ncnc(NCc3cccc(F)c3)c21. The summed E-state index contributed by atoms with van der Waals surface area (Å²) in [5, 5.41) is 3.91. The van der Waals surface area contributed by atoms with E-state index in [0.717, 1.165) is 5.56 Å². The molecule has 4 rings (SSSR count). The summed E-state index contributed by atoms with van der Waals surface area (Å²) in [7, 11) is 0. The fourth-order valence-electron chi connectivity index (χ4n) is 3.14. The average Bonchev–Trinajstić information content (AvgIpc) is 2.71. The number of carbonyl (C=O) groups excluding carboxylic acids is 1. The Hall–Kier alpha value is -3.48. The van der Waals surface area contributed by atoms with Crippen LogP contribution in [-0.4, -0.2) is 29.0 Å². The van der Waals surface area contributed by atoms with E-state index in [-0.39, 0.29) is 11.7 Å². The second-order valence-electron chi connectivity index (χ2n) is 6.06. The summed E-state index contributed by atoms with van der Waals surface area (Å²) in [4.78, 5) is 22.4. The van der Waals surface area contributed by atoms with Gasteiger partial charge in [-0.3, -0.25) is 4.79 Å². The molecular weight excluding hydrogens is 347 g/mol. The van der Waals surface area contributed by atoms with Gasteiger partial charge in [0, 0.05) is 6.54 Å². The van der Waals surface area contributed by atoms with Crippen LogP contribution in [0.4, 0.5) is 15.9 Å². The standard InChI is InChI=1S/C20H17FN4O2/c1-2-17(26)25-8-9-27-19-16(25)7-6-15-18(19)20(24-12-23-15)22-11-13-4-3-5-14(21)10-13/h2-7,10,12H,1,8-9,11H2,(H,22,23,24). The molecule has 6 nitrogen and oxygen atoms in total. The molecule has 27 heavy (non-hydrogen) atoms. The molecule has 1 aliphatic heterocycles. The minimum absolute atomic E-state index is 0.190. The molecule has 0 saturated heterocycles. The molecule has 1 aromatic heterocycles. The first-order chi connectivity index (χ1) is 13.2. The smallest absolute Gasteiger partial charge is 0.250 e. The van der Waals surface area contributed by atoms with Crippen molar-refractivity contribution in [2.24, 2.45) is 0 Å². The van der Waals surface area contributed by atoms with E-state index in [0.29, 0.717) is 47.9 Å². The van der Waals surface area contributed by atoms with Crippen LogP contribution >= 0.6 is 0 Å². The predicted octanol–water partition coefficient (Wildman–Crippen LogP) is 3.29. The van der Waals surface area contributed by atoms with Crippen molar-refractivity contribution in [2.75, 3.05) is 23.4 Å². The third-order valence-electron chi connectivity index (χ3n) is 4.38. The van der Waals surface area contributed by atoms with E-state index in [1.54, 1.807) is 11.0 Å². The first kappa shape index (κ1) is 17.0. The Morgan fingerprint density at radius 2 is 2.22 bits per heavy atom. The zero-order chi connectivity index (χ0) is 18.8. The molecule has 0 fully saturated rings. The van der Waals surface area contributed by atoms with Gasteiger partial charge in [0.2, 0.25) is 0 Å². The molecule has 0 radical (unpaired) electrons. The Bertz CT molecular complexity index is 1040. The number of aromatic nitrogens is 2. The van der Waals surface area contributed by atoms with Crippen molar-refractivity contribution in [3.05, 3.63) is 66.8 Å². The van der Waals surface area contributed by atoms with Gasteiger partial charge in [0.15, 0.2) is 5.75 Å². The van der Waals surface area contributed by atoms with Crippen LogP contribution in [0.15, 0.2) is 55.4 Å². The maximum Gasteiger partial charge on any atom is 0.250 e. The van der Waals surface area contributed by atoms with Gasteiger partial charge in [-0.1, -0.05) is 18.7 Å². The Morgan fingerprint density at radius 3 is 3.04 bits per heavy atom. The van der Waals surface area contributed by atoms with E-state index in [1.165, 1.54) is 24.5 Å². The third-order valence-corrected chi connectivity index (χ3v) is 4.38. The molecule has 1 aliphatic rings. The van der Waals surface area contributed by atoms with Crippen molar-refractivity contribution in [1.29, 1.82) is 0 Å². The molecule has 0 bridgehead atoms. The van der Waals surface area contributed by atoms with E-state index in [9.17, 15) is 9.18 Å². The number of anilines is 2. The summed E-state index contributed by atoms with van der Waals surface area (Å²) >= 11 is 0. The number of benzene rings is 2. The lowest BCUT2D eigenvalue weighted by Gasteiger charge is -2.29. The molecule has 0 atom stereocenters. The number of halogens is 1. The molecule has 0 aliphatic carbocycles. The summed E-state index contributed by atoms with van der Waals surface area (Å²) in [6, 6.07) is 9.98. The summed E-state index contributed by atoms with van der Waals surface area (Å²) in [6.45, 7) is 4.76. The second-order valence-corrected chi connectivity index (χ2v) is 6.06. The van der Waals surface area contributed by atoms with Crippen LogP contribution in [0.25, 0.3) is 10.9 Å². The van der Waals surface area contributed by atoms with Crippen molar-refractivity contribution in [2.45, 2.75) is 6.54 Å². The molecule has 2 aromatic carbocycles. The highest BCUT2D eigenvalue weighted by atomic mass is 19.1. The van der Waals surface area contributed by atoms with Crippen LogP contribution in [-0.2, 0) is 11.3 Å². The molecule has 0 unspecified atom stereocenters. The van der Waals surface area contributed by atoms with E-state index >= 15 is 0 Å². The van der Waals surface area contributed by atoms with Gasteiger partial charge in [-0.2, -0.15) is 0 Å². The molecule has 1 N–H and O–H groups in total. The lowest BCUT2D eigenvalue weighted by molar-refractivity contribution is -0.114. The van der Waals surface area contributed by atoms with Gasteiger partial charge in [0.25, 0.3) is 5.91 Å². The van der Waals surface area contributed by atoms with Crippen molar-refractivity contribution in [3.63, 3.8) is 0 Å². The van der Waals surface area contributed by atoms with E-state index in [1.807, 2.05) is 18.2 Å². The normalized spacial score (nSPS) is 13.0. The largest absolute Gasteiger partial charge is 0.489 e. The Kier molecular flexibility index (Phi) is 4.42. The number of nitrogens with zero attached hydrogens (tertiary/aromatic N) is 3. The summed E-state index contributed by atoms with van der Waals surface area (Å²) in [5.41, 5.74) is 2.14. The van der Waals surface area contributed by atoms with Crippen molar-refractivity contribution < 1.29 is 13.9 Å². The van der Waals surface area contributed by atoms with Gasteiger partial charge in [-0.15, -0.1) is 0 Å². The lowest BCUT2D eigenvalue weighted by Crippen LogP contribution is -2.36. The molecule has 136 valence electrons. The fourth-order valence-corrected chi connectivity index (χ4v) is 3.14. The average molecular weight is 364 g/mol. The quantitative estimate of drug-likeness (QED) is 0.720. The van der Waals surface area contributed by atoms with Gasteiger partial charge in [0.05, 0.1) is 23.1 Å². The minimum atomic E-state index is -0.291. The van der Waals surface area contributed by atoms with Gasteiger partial charge in [-0.25, -0.2) is 14.4 Å². The molecule has 2 heterocycles. The highest BCUT2D eigenvalue weighted by Gasteiger charge is 2.25. The van der Waals surface area contributed by atoms with Crippen molar-refractivity contribution >= 4 is 28.3 Å². The van der Waals surface area contributed by atoms with Crippen LogP contribution in [0.5, 0.6) is 5.75 Å². The van der Waals surface area contributed by atoms with Crippen molar-refractivity contribution in [3.8, 4) is 5.75 Å². The van der Waals surface area contributed by atoms with E-state index in [2.05, 4.69) is 21.9 Å². The first-order valence-electron chi connectivity index (χ1n) is 8.50. The topological polar surface area (TPSA) is 67.4 Å². The predicted molar refractivity (Wildman–Crippen MR) is 101 cm³/mol. The van der Waals surface area contributed by atoms with Gasteiger partial charge >= 0.3 is 0 Å². The zero-order valence-electron chi connectivity index (χ0n) is 14.5. The number of fused-ring (bicyclic) bond motifs is 3. The molecule has 0 spiro atoms. The van der Waals surface area contributed by atoms with E-state index < -0.39 is 0 Å². The second kappa shape index (κ2) is 7.03. The highest BCUT2D eigenvalue weighted by molar-refractivity contribution is 6.07. The fraction of sp³-hybridized carbons (Fsp3) is 0.150.